The molecule has 7 heteroatoms. The number of rotatable bonds is 8. The van der Waals surface area contributed by atoms with E-state index in [9.17, 15) is 18.6 Å². The van der Waals surface area contributed by atoms with Crippen molar-refractivity contribution in [3.8, 4) is 5.75 Å². The van der Waals surface area contributed by atoms with E-state index in [2.05, 4.69) is 0 Å². The van der Waals surface area contributed by atoms with E-state index in [0.29, 0.717) is 42.4 Å². The SMILES string of the molecule is Cc1cc(CS(=O)(=O)c2ccccc2)cc(OCc2ccc(CN3C[C@@H](O)[C@H](O)C3)cc2)c1. The number of aryl methyl sites for hydroxylation is 1. The van der Waals surface area contributed by atoms with Crippen LogP contribution in [0.15, 0.2) is 77.7 Å². The molecule has 0 spiro atoms. The zero-order valence-corrected chi connectivity index (χ0v) is 19.4. The molecule has 0 aliphatic carbocycles. The van der Waals surface area contributed by atoms with Gasteiger partial charge in [0.25, 0.3) is 0 Å². The zero-order chi connectivity index (χ0) is 23.4. The largest absolute Gasteiger partial charge is 0.489 e. The Morgan fingerprint density at radius 3 is 2.18 bits per heavy atom. The normalized spacial score (nSPS) is 19.0. The molecule has 0 radical (unpaired) electrons. The Morgan fingerprint density at radius 2 is 1.52 bits per heavy atom. The average molecular weight is 468 g/mol. The molecule has 174 valence electrons. The molecule has 4 rings (SSSR count). The molecular weight excluding hydrogens is 438 g/mol. The van der Waals surface area contributed by atoms with Crippen molar-refractivity contribution in [2.75, 3.05) is 13.1 Å². The summed E-state index contributed by atoms with van der Waals surface area (Å²) in [5, 5.41) is 19.4. The summed E-state index contributed by atoms with van der Waals surface area (Å²) < 4.78 is 31.4. The lowest BCUT2D eigenvalue weighted by molar-refractivity contribution is 0.0572. The fourth-order valence-electron chi connectivity index (χ4n) is 4.06. The van der Waals surface area contributed by atoms with Crippen molar-refractivity contribution in [3.63, 3.8) is 0 Å². The maximum Gasteiger partial charge on any atom is 0.182 e. The topological polar surface area (TPSA) is 87.1 Å². The number of hydrogen-bond acceptors (Lipinski definition) is 6. The lowest BCUT2D eigenvalue weighted by Crippen LogP contribution is -2.22. The van der Waals surface area contributed by atoms with E-state index in [0.717, 1.165) is 16.7 Å². The molecule has 0 aromatic heterocycles. The Labute approximate surface area is 195 Å². The molecule has 33 heavy (non-hydrogen) atoms. The van der Waals surface area contributed by atoms with Gasteiger partial charge in [-0.1, -0.05) is 48.5 Å². The fraction of sp³-hybridized carbons (Fsp3) is 0.308. The van der Waals surface area contributed by atoms with Crippen LogP contribution in [0, 0.1) is 6.92 Å². The van der Waals surface area contributed by atoms with Gasteiger partial charge in [-0.15, -0.1) is 0 Å². The molecule has 2 atom stereocenters. The summed E-state index contributed by atoms with van der Waals surface area (Å²) in [4.78, 5) is 2.34. The number of aliphatic hydroxyl groups is 2. The minimum atomic E-state index is -3.43. The van der Waals surface area contributed by atoms with Crippen molar-refractivity contribution >= 4 is 9.84 Å². The van der Waals surface area contributed by atoms with E-state index in [1.165, 1.54) is 0 Å². The van der Waals surface area contributed by atoms with Gasteiger partial charge in [0.2, 0.25) is 0 Å². The second-order valence-electron chi connectivity index (χ2n) is 8.66. The Morgan fingerprint density at radius 1 is 0.879 bits per heavy atom. The number of ether oxygens (including phenoxy) is 1. The highest BCUT2D eigenvalue weighted by atomic mass is 32.2. The van der Waals surface area contributed by atoms with Gasteiger partial charge in [0.15, 0.2) is 9.84 Å². The Bertz CT molecular complexity index is 1170. The number of likely N-dealkylation sites (tertiary alicyclic amines) is 1. The quantitative estimate of drug-likeness (QED) is 0.530. The Balaban J connectivity index is 1.37. The minimum Gasteiger partial charge on any atom is -0.489 e. The van der Waals surface area contributed by atoms with Gasteiger partial charge in [-0.25, -0.2) is 8.42 Å². The average Bonchev–Trinajstić information content (AvgIpc) is 3.10. The summed E-state index contributed by atoms with van der Waals surface area (Å²) in [5.74, 6) is 0.557. The molecule has 6 nitrogen and oxygen atoms in total. The van der Waals surface area contributed by atoms with E-state index < -0.39 is 22.0 Å². The van der Waals surface area contributed by atoms with Crippen LogP contribution in [0.4, 0.5) is 0 Å². The minimum absolute atomic E-state index is 0.0797. The summed E-state index contributed by atoms with van der Waals surface area (Å²) in [6.45, 7) is 3.91. The zero-order valence-electron chi connectivity index (χ0n) is 18.6. The van der Waals surface area contributed by atoms with Crippen molar-refractivity contribution in [1.29, 1.82) is 0 Å². The van der Waals surface area contributed by atoms with Gasteiger partial charge in [-0.3, -0.25) is 4.90 Å². The van der Waals surface area contributed by atoms with Crippen LogP contribution in [0.25, 0.3) is 0 Å². The molecule has 3 aromatic carbocycles. The molecule has 1 saturated heterocycles. The van der Waals surface area contributed by atoms with E-state index in [-0.39, 0.29) is 5.75 Å². The smallest absolute Gasteiger partial charge is 0.182 e. The van der Waals surface area contributed by atoms with E-state index in [1.807, 2.05) is 48.2 Å². The summed E-state index contributed by atoms with van der Waals surface area (Å²) in [6.07, 6.45) is -1.36. The van der Waals surface area contributed by atoms with Gasteiger partial charge < -0.3 is 14.9 Å². The fourth-order valence-corrected chi connectivity index (χ4v) is 5.41. The predicted octanol–water partition coefficient (Wildman–Crippen LogP) is 3.09. The molecule has 1 aliphatic heterocycles. The number of sulfone groups is 1. The number of hydrogen-bond donors (Lipinski definition) is 2. The van der Waals surface area contributed by atoms with Gasteiger partial charge in [0.05, 0.1) is 22.9 Å². The third-order valence-electron chi connectivity index (χ3n) is 5.74. The molecule has 1 heterocycles. The van der Waals surface area contributed by atoms with Crippen LogP contribution in [0.1, 0.15) is 22.3 Å². The molecular formula is C26H29NO5S. The second-order valence-corrected chi connectivity index (χ2v) is 10.6. The van der Waals surface area contributed by atoms with Crippen molar-refractivity contribution in [3.05, 3.63) is 95.1 Å². The monoisotopic (exact) mass is 467 g/mol. The van der Waals surface area contributed by atoms with E-state index in [1.54, 1.807) is 36.4 Å². The van der Waals surface area contributed by atoms with Crippen molar-refractivity contribution in [1.82, 2.24) is 4.90 Å². The second kappa shape index (κ2) is 10.1. The highest BCUT2D eigenvalue weighted by molar-refractivity contribution is 7.90. The summed E-state index contributed by atoms with van der Waals surface area (Å²) in [7, 11) is -3.43. The van der Waals surface area contributed by atoms with Crippen LogP contribution in [-0.4, -0.2) is 48.8 Å². The molecule has 0 unspecified atom stereocenters. The lowest BCUT2D eigenvalue weighted by atomic mass is 10.1. The lowest BCUT2D eigenvalue weighted by Gasteiger charge is -2.15. The molecule has 0 bridgehead atoms. The maximum atomic E-state index is 12.7. The summed E-state index contributed by atoms with van der Waals surface area (Å²) >= 11 is 0. The number of nitrogens with zero attached hydrogens (tertiary/aromatic N) is 1. The van der Waals surface area contributed by atoms with Crippen LogP contribution >= 0.6 is 0 Å². The Kier molecular flexibility index (Phi) is 7.14. The molecule has 2 N–H and O–H groups in total. The first kappa shape index (κ1) is 23.4. The molecule has 0 saturated carbocycles. The van der Waals surface area contributed by atoms with E-state index in [4.69, 9.17) is 4.74 Å². The first-order valence-electron chi connectivity index (χ1n) is 11.0. The molecule has 1 aliphatic rings. The summed E-state index contributed by atoms with van der Waals surface area (Å²) in [5.41, 5.74) is 3.74. The number of aliphatic hydroxyl groups excluding tert-OH is 2. The third-order valence-corrected chi connectivity index (χ3v) is 7.44. The van der Waals surface area contributed by atoms with Crippen LogP contribution < -0.4 is 4.74 Å². The van der Waals surface area contributed by atoms with Crippen LogP contribution in [-0.2, 0) is 28.7 Å². The molecule has 3 aromatic rings. The molecule has 1 fully saturated rings. The van der Waals surface area contributed by atoms with Crippen molar-refractivity contribution < 1.29 is 23.4 Å². The number of benzene rings is 3. The van der Waals surface area contributed by atoms with Gasteiger partial charge in [0.1, 0.15) is 12.4 Å². The van der Waals surface area contributed by atoms with Crippen LogP contribution in [0.5, 0.6) is 5.75 Å². The maximum absolute atomic E-state index is 12.7. The summed E-state index contributed by atoms with van der Waals surface area (Å²) in [6, 6.07) is 22.0. The van der Waals surface area contributed by atoms with Crippen LogP contribution in [0.3, 0.4) is 0 Å². The first-order valence-corrected chi connectivity index (χ1v) is 12.6. The van der Waals surface area contributed by atoms with Crippen molar-refractivity contribution in [2.45, 2.75) is 42.9 Å². The Hall–Kier alpha value is -2.71. The van der Waals surface area contributed by atoms with Gasteiger partial charge >= 0.3 is 0 Å². The van der Waals surface area contributed by atoms with Crippen molar-refractivity contribution in [2.24, 2.45) is 0 Å². The first-order chi connectivity index (χ1) is 15.8. The highest BCUT2D eigenvalue weighted by Gasteiger charge is 2.29. The van der Waals surface area contributed by atoms with Crippen LogP contribution in [0.2, 0.25) is 0 Å². The van der Waals surface area contributed by atoms with Gasteiger partial charge in [0, 0.05) is 19.6 Å². The standard InChI is InChI=1S/C26H29NO5S/c1-19-11-22(18-33(30,31)24-5-3-2-4-6-24)13-23(12-19)32-17-21-9-7-20(8-10-21)14-27-15-25(28)26(29)16-27/h2-13,25-26,28-29H,14-18H2,1H3/t25-,26-/m1/s1. The highest BCUT2D eigenvalue weighted by Crippen LogP contribution is 2.23. The van der Waals surface area contributed by atoms with Gasteiger partial charge in [-0.2, -0.15) is 0 Å². The van der Waals surface area contributed by atoms with Gasteiger partial charge in [-0.05, 0) is 53.4 Å². The number of β-amino-alcohol motifs (C(OH)–C–C–N with tert-alkyl or cyclic N) is 2. The third kappa shape index (κ3) is 6.21. The van der Waals surface area contributed by atoms with E-state index >= 15 is 0 Å². The molecule has 0 amide bonds. The predicted molar refractivity (Wildman–Crippen MR) is 127 cm³/mol.